The number of halogens is 2. The van der Waals surface area contributed by atoms with Crippen molar-refractivity contribution in [1.29, 1.82) is 0 Å². The summed E-state index contributed by atoms with van der Waals surface area (Å²) in [7, 11) is 0. The van der Waals surface area contributed by atoms with Gasteiger partial charge in [0.05, 0.1) is 5.76 Å². The first kappa shape index (κ1) is 14.9. The van der Waals surface area contributed by atoms with Crippen LogP contribution in [0.15, 0.2) is 46.2 Å². The van der Waals surface area contributed by atoms with Crippen LogP contribution in [-0.2, 0) is 16.1 Å². The van der Waals surface area contributed by atoms with E-state index in [0.717, 1.165) is 28.6 Å². The van der Waals surface area contributed by atoms with E-state index in [2.05, 4.69) is 22.0 Å². The first-order chi connectivity index (χ1) is 10.1. The van der Waals surface area contributed by atoms with E-state index in [1.807, 2.05) is 24.3 Å². The lowest BCUT2D eigenvalue weighted by Crippen LogP contribution is -2.24. The van der Waals surface area contributed by atoms with Gasteiger partial charge in [-0.3, -0.25) is 4.79 Å². The smallest absolute Gasteiger partial charge is 0.140 e. The molecule has 0 aromatic heterocycles. The van der Waals surface area contributed by atoms with E-state index in [0.29, 0.717) is 30.3 Å². The van der Waals surface area contributed by atoms with Gasteiger partial charge >= 0.3 is 0 Å². The molecule has 1 saturated carbocycles. The van der Waals surface area contributed by atoms with E-state index in [1.165, 1.54) is 5.57 Å². The van der Waals surface area contributed by atoms with Gasteiger partial charge in [0.1, 0.15) is 12.4 Å². The highest BCUT2D eigenvalue weighted by molar-refractivity contribution is 9.10. The summed E-state index contributed by atoms with van der Waals surface area (Å²) in [6.45, 7) is 0.455. The maximum Gasteiger partial charge on any atom is 0.140 e. The number of Topliss-reactive ketones (excluding diaryl/α,β-unsaturated/α-hetero) is 1. The number of benzene rings is 1. The molecule has 2 aliphatic carbocycles. The van der Waals surface area contributed by atoms with Gasteiger partial charge < -0.3 is 4.74 Å². The second-order valence-corrected chi connectivity index (χ2v) is 6.77. The molecule has 3 rings (SSSR count). The Balaban J connectivity index is 1.69. The first-order valence-corrected chi connectivity index (χ1v) is 8.29. The van der Waals surface area contributed by atoms with Gasteiger partial charge in [-0.05, 0) is 37.1 Å². The van der Waals surface area contributed by atoms with Gasteiger partial charge in [0, 0.05) is 33.8 Å². The van der Waals surface area contributed by atoms with Crippen LogP contribution in [0.5, 0.6) is 0 Å². The Morgan fingerprint density at radius 1 is 1.29 bits per heavy atom. The average molecular weight is 368 g/mol. The summed E-state index contributed by atoms with van der Waals surface area (Å²) < 4.78 is 6.86. The van der Waals surface area contributed by atoms with Crippen LogP contribution >= 0.6 is 27.5 Å². The molecule has 1 fully saturated rings. The van der Waals surface area contributed by atoms with E-state index in [1.54, 1.807) is 0 Å². The molecule has 0 N–H and O–H groups in total. The third kappa shape index (κ3) is 3.41. The summed E-state index contributed by atoms with van der Waals surface area (Å²) in [4.78, 5) is 12.0. The Morgan fingerprint density at radius 3 is 3.00 bits per heavy atom. The zero-order valence-corrected chi connectivity index (χ0v) is 13.9. The van der Waals surface area contributed by atoms with E-state index < -0.39 is 0 Å². The van der Waals surface area contributed by atoms with Crippen LogP contribution in [0.2, 0.25) is 5.02 Å². The molecule has 0 bridgehead atoms. The number of ketones is 1. The molecular formula is C17H16BrClO2. The van der Waals surface area contributed by atoms with Gasteiger partial charge in [-0.25, -0.2) is 0 Å². The molecular weight excluding hydrogens is 352 g/mol. The van der Waals surface area contributed by atoms with Crippen molar-refractivity contribution in [2.75, 3.05) is 0 Å². The molecule has 2 aliphatic rings. The molecule has 0 spiro atoms. The molecule has 0 aliphatic heterocycles. The molecule has 0 saturated heterocycles. The Morgan fingerprint density at radius 2 is 2.14 bits per heavy atom. The van der Waals surface area contributed by atoms with Crippen molar-refractivity contribution in [3.8, 4) is 0 Å². The second-order valence-electron chi connectivity index (χ2n) is 5.48. The van der Waals surface area contributed by atoms with E-state index in [4.69, 9.17) is 16.3 Å². The minimum Gasteiger partial charge on any atom is -0.493 e. The van der Waals surface area contributed by atoms with Gasteiger partial charge in [0.25, 0.3) is 0 Å². The molecule has 0 radical (unpaired) electrons. The monoisotopic (exact) mass is 366 g/mol. The number of allylic oxidation sites excluding steroid dienone is 4. The number of fused-ring (bicyclic) bond motifs is 1. The lowest BCUT2D eigenvalue weighted by atomic mass is 9.78. The summed E-state index contributed by atoms with van der Waals surface area (Å²) in [6, 6.07) is 5.64. The van der Waals surface area contributed by atoms with Crippen molar-refractivity contribution >= 4 is 33.3 Å². The first-order valence-electron chi connectivity index (χ1n) is 7.12. The van der Waals surface area contributed by atoms with E-state index >= 15 is 0 Å². The maximum atomic E-state index is 12.0. The number of rotatable bonds is 3. The van der Waals surface area contributed by atoms with Crippen LogP contribution in [-0.4, -0.2) is 5.78 Å². The van der Waals surface area contributed by atoms with E-state index in [-0.39, 0.29) is 5.92 Å². The number of carbonyl (C=O) groups is 1. The van der Waals surface area contributed by atoms with Crippen molar-refractivity contribution in [2.45, 2.75) is 32.3 Å². The molecule has 1 unspecified atom stereocenters. The highest BCUT2D eigenvalue weighted by atomic mass is 79.9. The highest BCUT2D eigenvalue weighted by Gasteiger charge is 2.29. The van der Waals surface area contributed by atoms with Gasteiger partial charge in [-0.1, -0.05) is 39.2 Å². The Labute approximate surface area is 138 Å². The molecule has 4 heteroatoms. The van der Waals surface area contributed by atoms with Crippen LogP contribution in [0.4, 0.5) is 0 Å². The number of carbonyl (C=O) groups excluding carboxylic acids is 1. The molecule has 0 heterocycles. The summed E-state index contributed by atoms with van der Waals surface area (Å²) in [5.41, 5.74) is 2.27. The molecule has 1 atom stereocenters. The fraction of sp³-hybridized carbons (Fsp3) is 0.353. The quantitative estimate of drug-likeness (QED) is 0.733. The number of ether oxygens (including phenoxy) is 1. The Hall–Kier alpha value is -1.06. The molecule has 2 nitrogen and oxygen atoms in total. The lowest BCUT2D eigenvalue weighted by molar-refractivity contribution is -0.123. The summed E-state index contributed by atoms with van der Waals surface area (Å²) in [6.07, 6.45) is 7.50. The predicted molar refractivity (Wildman–Crippen MR) is 87.1 cm³/mol. The maximum absolute atomic E-state index is 12.0. The highest BCUT2D eigenvalue weighted by Crippen LogP contribution is 2.35. The van der Waals surface area contributed by atoms with Gasteiger partial charge in [0.15, 0.2) is 0 Å². The minimum atomic E-state index is 0.0431. The SMILES string of the molecule is O=C1CCCC2=CC=C(OCc3cc(Cl)ccc3Br)CC12. The van der Waals surface area contributed by atoms with Crippen LogP contribution < -0.4 is 0 Å². The van der Waals surface area contributed by atoms with Gasteiger partial charge in [0.2, 0.25) is 0 Å². The molecule has 1 aromatic carbocycles. The van der Waals surface area contributed by atoms with Crippen LogP contribution in [0.1, 0.15) is 31.2 Å². The zero-order valence-electron chi connectivity index (χ0n) is 11.6. The topological polar surface area (TPSA) is 26.3 Å². The van der Waals surface area contributed by atoms with Crippen LogP contribution in [0, 0.1) is 5.92 Å². The summed E-state index contributed by atoms with van der Waals surface area (Å²) in [5.74, 6) is 1.28. The molecule has 0 amide bonds. The molecule has 110 valence electrons. The average Bonchev–Trinajstić information content (AvgIpc) is 2.49. The third-order valence-corrected chi connectivity index (χ3v) is 5.04. The van der Waals surface area contributed by atoms with Crippen molar-refractivity contribution in [3.05, 3.63) is 56.7 Å². The number of hydrogen-bond acceptors (Lipinski definition) is 2. The third-order valence-electron chi connectivity index (χ3n) is 4.03. The normalized spacial score (nSPS) is 21.4. The fourth-order valence-corrected chi connectivity index (χ4v) is 3.42. The Kier molecular flexibility index (Phi) is 4.51. The lowest BCUT2D eigenvalue weighted by Gasteiger charge is -2.27. The van der Waals surface area contributed by atoms with Crippen molar-refractivity contribution in [2.24, 2.45) is 5.92 Å². The van der Waals surface area contributed by atoms with Crippen molar-refractivity contribution in [1.82, 2.24) is 0 Å². The number of hydrogen-bond donors (Lipinski definition) is 0. The van der Waals surface area contributed by atoms with Gasteiger partial charge in [-0.2, -0.15) is 0 Å². The predicted octanol–water partition coefficient (Wildman–Crippen LogP) is 5.20. The van der Waals surface area contributed by atoms with Crippen LogP contribution in [0.3, 0.4) is 0 Å². The zero-order chi connectivity index (χ0) is 14.8. The minimum absolute atomic E-state index is 0.0431. The fourth-order valence-electron chi connectivity index (χ4n) is 2.87. The van der Waals surface area contributed by atoms with Crippen molar-refractivity contribution < 1.29 is 9.53 Å². The molecule has 1 aromatic rings. The largest absolute Gasteiger partial charge is 0.493 e. The van der Waals surface area contributed by atoms with E-state index in [9.17, 15) is 4.79 Å². The second kappa shape index (κ2) is 6.37. The molecule has 21 heavy (non-hydrogen) atoms. The summed E-state index contributed by atoms with van der Waals surface area (Å²) in [5, 5.41) is 0.694. The van der Waals surface area contributed by atoms with Crippen molar-refractivity contribution in [3.63, 3.8) is 0 Å². The standard InChI is InChI=1S/C17H16BrClO2/c18-16-7-5-13(19)8-12(16)10-21-14-6-4-11-2-1-3-17(20)15(11)9-14/h4-8,15H,1-3,9-10H2. The summed E-state index contributed by atoms with van der Waals surface area (Å²) >= 11 is 9.50. The van der Waals surface area contributed by atoms with Crippen LogP contribution in [0.25, 0.3) is 0 Å². The van der Waals surface area contributed by atoms with Gasteiger partial charge in [-0.15, -0.1) is 0 Å². The Bertz CT molecular complexity index is 634.